The zero-order valence-electron chi connectivity index (χ0n) is 12.2. The predicted octanol–water partition coefficient (Wildman–Crippen LogP) is 1.25. The highest BCUT2D eigenvalue weighted by Gasteiger charge is 2.34. The van der Waals surface area contributed by atoms with Gasteiger partial charge in [0.1, 0.15) is 0 Å². The quantitative estimate of drug-likeness (QED) is 0.609. The Morgan fingerprint density at radius 2 is 1.86 bits per heavy atom. The van der Waals surface area contributed by atoms with Crippen molar-refractivity contribution in [2.45, 2.75) is 26.7 Å². The number of fused-ring (bicyclic) bond motifs is 1. The van der Waals surface area contributed by atoms with Crippen LogP contribution in [0.5, 0.6) is 0 Å². The highest BCUT2D eigenvalue weighted by Crippen LogP contribution is 2.22. The normalized spacial score (nSPS) is 10.9. The van der Waals surface area contributed by atoms with Crippen molar-refractivity contribution in [3.05, 3.63) is 29.8 Å². The Hall–Kier alpha value is -2.44. The molecule has 0 bridgehead atoms. The monoisotopic (exact) mass is 291 g/mol. The predicted molar refractivity (Wildman–Crippen MR) is 73.7 cm³/mol. The summed E-state index contributed by atoms with van der Waals surface area (Å²) in [6.07, 6.45) is 3.14. The fourth-order valence-corrected chi connectivity index (χ4v) is 2.06. The van der Waals surface area contributed by atoms with E-state index in [2.05, 4.69) is 10.1 Å². The lowest BCUT2D eigenvalue weighted by molar-refractivity contribution is -0.157. The van der Waals surface area contributed by atoms with Crippen molar-refractivity contribution < 1.29 is 19.1 Å². The number of aromatic nitrogens is 3. The fourth-order valence-electron chi connectivity index (χ4n) is 2.06. The molecule has 0 saturated heterocycles. The molecule has 0 aliphatic carbocycles. The van der Waals surface area contributed by atoms with Gasteiger partial charge in [0.2, 0.25) is 0 Å². The molecule has 0 N–H and O–H groups in total. The lowest BCUT2D eigenvalue weighted by Crippen LogP contribution is -2.27. The van der Waals surface area contributed by atoms with Crippen molar-refractivity contribution in [3.8, 4) is 0 Å². The molecule has 2 aromatic rings. The van der Waals surface area contributed by atoms with Gasteiger partial charge in [0.25, 0.3) is 0 Å². The smallest absolute Gasteiger partial charge is 0.326 e. The second-order valence-electron chi connectivity index (χ2n) is 4.37. The fraction of sp³-hybridized carbons (Fsp3) is 0.429. The van der Waals surface area contributed by atoms with Gasteiger partial charge in [-0.3, -0.25) is 14.6 Å². The molecule has 112 valence electrons. The van der Waals surface area contributed by atoms with Gasteiger partial charge in [0.15, 0.2) is 5.92 Å². The first-order valence-corrected chi connectivity index (χ1v) is 6.72. The molecule has 0 aliphatic rings. The molecule has 2 heterocycles. The summed E-state index contributed by atoms with van der Waals surface area (Å²) in [7, 11) is 0. The minimum atomic E-state index is -1.20. The van der Waals surface area contributed by atoms with Gasteiger partial charge in [-0.25, -0.2) is 4.52 Å². The summed E-state index contributed by atoms with van der Waals surface area (Å²) in [5.74, 6) is -2.55. The Labute approximate surface area is 121 Å². The Kier molecular flexibility index (Phi) is 4.52. The van der Waals surface area contributed by atoms with Gasteiger partial charge in [-0.05, 0) is 26.8 Å². The molecule has 0 unspecified atom stereocenters. The molecule has 2 rings (SSSR count). The van der Waals surface area contributed by atoms with Gasteiger partial charge in [-0.1, -0.05) is 0 Å². The SMILES string of the molecule is CCOC(=O)C(C(=O)OCC)c1nccn2nc(C)cc12. The maximum atomic E-state index is 12.1. The molecular weight excluding hydrogens is 274 g/mol. The number of hydrogen-bond donors (Lipinski definition) is 0. The molecular formula is C14H17N3O4. The average Bonchev–Trinajstić information content (AvgIpc) is 2.81. The number of nitrogens with zero attached hydrogens (tertiary/aromatic N) is 3. The number of aryl methyl sites for hydroxylation is 1. The minimum absolute atomic E-state index is 0.177. The minimum Gasteiger partial charge on any atom is -0.465 e. The van der Waals surface area contributed by atoms with Crippen LogP contribution in [-0.2, 0) is 19.1 Å². The summed E-state index contributed by atoms with van der Waals surface area (Å²) >= 11 is 0. The van der Waals surface area contributed by atoms with E-state index in [1.54, 1.807) is 30.6 Å². The van der Waals surface area contributed by atoms with E-state index in [1.807, 2.05) is 6.92 Å². The highest BCUT2D eigenvalue weighted by molar-refractivity contribution is 6.01. The third-order valence-electron chi connectivity index (χ3n) is 2.86. The van der Waals surface area contributed by atoms with Crippen molar-refractivity contribution >= 4 is 17.5 Å². The average molecular weight is 291 g/mol. The second-order valence-corrected chi connectivity index (χ2v) is 4.37. The van der Waals surface area contributed by atoms with Gasteiger partial charge in [0.05, 0.1) is 30.1 Å². The highest BCUT2D eigenvalue weighted by atomic mass is 16.6. The molecule has 21 heavy (non-hydrogen) atoms. The van der Waals surface area contributed by atoms with E-state index < -0.39 is 17.9 Å². The molecule has 0 aromatic carbocycles. The van der Waals surface area contributed by atoms with Crippen LogP contribution in [0.1, 0.15) is 31.2 Å². The van der Waals surface area contributed by atoms with Crippen LogP contribution in [0, 0.1) is 6.92 Å². The van der Waals surface area contributed by atoms with Crippen LogP contribution >= 0.6 is 0 Å². The molecule has 0 fully saturated rings. The first-order valence-electron chi connectivity index (χ1n) is 6.72. The van der Waals surface area contributed by atoms with Gasteiger partial charge < -0.3 is 9.47 Å². The summed E-state index contributed by atoms with van der Waals surface area (Å²) in [6.45, 7) is 5.53. The lowest BCUT2D eigenvalue weighted by Gasteiger charge is -2.14. The largest absolute Gasteiger partial charge is 0.465 e. The van der Waals surface area contributed by atoms with E-state index in [-0.39, 0.29) is 18.9 Å². The van der Waals surface area contributed by atoms with E-state index in [9.17, 15) is 9.59 Å². The zero-order valence-corrected chi connectivity index (χ0v) is 12.2. The first-order chi connectivity index (χ1) is 10.1. The third kappa shape index (κ3) is 3.01. The van der Waals surface area contributed by atoms with Crippen molar-refractivity contribution in [1.29, 1.82) is 0 Å². The molecule has 0 saturated carbocycles. The number of hydrogen-bond acceptors (Lipinski definition) is 6. The van der Waals surface area contributed by atoms with Crippen LogP contribution < -0.4 is 0 Å². The standard InChI is InChI=1S/C14H17N3O4/c1-4-20-13(18)11(14(19)21-5-2)12-10-8-9(3)16-17(10)7-6-15-12/h6-8,11H,4-5H2,1-3H3. The number of esters is 2. The topological polar surface area (TPSA) is 82.8 Å². The van der Waals surface area contributed by atoms with Crippen LogP contribution in [0.15, 0.2) is 18.5 Å². The number of carbonyl (C=O) groups excluding carboxylic acids is 2. The van der Waals surface area contributed by atoms with Gasteiger partial charge >= 0.3 is 11.9 Å². The van der Waals surface area contributed by atoms with Gasteiger partial charge in [-0.15, -0.1) is 0 Å². The number of carbonyl (C=O) groups is 2. The molecule has 7 nitrogen and oxygen atoms in total. The van der Waals surface area contributed by atoms with Crippen molar-refractivity contribution in [3.63, 3.8) is 0 Å². The summed E-state index contributed by atoms with van der Waals surface area (Å²) < 4.78 is 11.5. The summed E-state index contributed by atoms with van der Waals surface area (Å²) in [6, 6.07) is 1.76. The van der Waals surface area contributed by atoms with Crippen molar-refractivity contribution in [2.24, 2.45) is 0 Å². The summed E-state index contributed by atoms with van der Waals surface area (Å²) in [5.41, 5.74) is 1.63. The second kappa shape index (κ2) is 6.34. The van der Waals surface area contributed by atoms with Crippen molar-refractivity contribution in [2.75, 3.05) is 13.2 Å². The lowest BCUT2D eigenvalue weighted by atomic mass is 10.0. The number of ether oxygens (including phenoxy) is 2. The Balaban J connectivity index is 2.52. The third-order valence-corrected chi connectivity index (χ3v) is 2.86. The van der Waals surface area contributed by atoms with Gasteiger partial charge in [0, 0.05) is 12.4 Å². The van der Waals surface area contributed by atoms with E-state index in [0.717, 1.165) is 5.69 Å². The maximum absolute atomic E-state index is 12.1. The Morgan fingerprint density at radius 1 is 1.24 bits per heavy atom. The molecule has 0 aliphatic heterocycles. The van der Waals surface area contributed by atoms with E-state index in [1.165, 1.54) is 6.20 Å². The Morgan fingerprint density at radius 3 is 2.43 bits per heavy atom. The molecule has 0 amide bonds. The molecule has 2 aromatic heterocycles. The number of rotatable bonds is 5. The van der Waals surface area contributed by atoms with E-state index >= 15 is 0 Å². The van der Waals surface area contributed by atoms with Crippen LogP contribution in [-0.4, -0.2) is 39.8 Å². The maximum Gasteiger partial charge on any atom is 0.326 e. The molecule has 0 spiro atoms. The summed E-state index contributed by atoms with van der Waals surface area (Å²) in [4.78, 5) is 28.4. The molecule has 7 heteroatoms. The van der Waals surface area contributed by atoms with Crippen LogP contribution in [0.2, 0.25) is 0 Å². The molecule has 0 radical (unpaired) electrons. The van der Waals surface area contributed by atoms with Crippen LogP contribution in [0.3, 0.4) is 0 Å². The van der Waals surface area contributed by atoms with E-state index in [4.69, 9.17) is 9.47 Å². The molecule has 0 atom stereocenters. The van der Waals surface area contributed by atoms with Crippen LogP contribution in [0.25, 0.3) is 5.52 Å². The van der Waals surface area contributed by atoms with E-state index in [0.29, 0.717) is 5.52 Å². The Bertz CT molecular complexity index is 647. The van der Waals surface area contributed by atoms with Gasteiger partial charge in [-0.2, -0.15) is 5.10 Å². The van der Waals surface area contributed by atoms with Crippen LogP contribution in [0.4, 0.5) is 0 Å². The zero-order chi connectivity index (χ0) is 15.4. The van der Waals surface area contributed by atoms with Crippen molar-refractivity contribution in [1.82, 2.24) is 14.6 Å². The first kappa shape index (κ1) is 15.0. The summed E-state index contributed by atoms with van der Waals surface area (Å²) in [5, 5.41) is 4.24.